The van der Waals surface area contributed by atoms with Gasteiger partial charge in [0, 0.05) is 13.2 Å². The van der Waals surface area contributed by atoms with Crippen molar-refractivity contribution >= 4 is 0 Å². The van der Waals surface area contributed by atoms with Gasteiger partial charge in [-0.1, -0.05) is 13.3 Å². The number of rotatable bonds is 10. The Morgan fingerprint density at radius 1 is 1.44 bits per heavy atom. The minimum Gasteiger partial charge on any atom is -0.390 e. The van der Waals surface area contributed by atoms with E-state index in [1.807, 2.05) is 6.92 Å². The van der Waals surface area contributed by atoms with E-state index in [9.17, 15) is 13.9 Å². The van der Waals surface area contributed by atoms with Crippen molar-refractivity contribution in [2.75, 3.05) is 32.9 Å². The summed E-state index contributed by atoms with van der Waals surface area (Å²) >= 11 is 0. The Morgan fingerprint density at radius 3 is 2.69 bits per heavy atom. The second kappa shape index (κ2) is 8.81. The summed E-state index contributed by atoms with van der Waals surface area (Å²) in [5, 5.41) is 20.0. The fourth-order valence-electron chi connectivity index (χ4n) is 1.00. The van der Waals surface area contributed by atoms with Crippen LogP contribution in [-0.4, -0.2) is 55.1 Å². The van der Waals surface area contributed by atoms with E-state index in [2.05, 4.69) is 5.32 Å². The molecule has 1 unspecified atom stereocenters. The molecule has 0 fully saturated rings. The lowest BCUT2D eigenvalue weighted by atomic mass is 10.3. The highest BCUT2D eigenvalue weighted by atomic mass is 19.3. The second-order valence-corrected chi connectivity index (χ2v) is 3.73. The predicted octanol–water partition coefficient (Wildman–Crippen LogP) is 0.381. The van der Waals surface area contributed by atoms with Gasteiger partial charge in [0.05, 0.1) is 19.3 Å². The van der Waals surface area contributed by atoms with Gasteiger partial charge in [-0.2, -0.15) is 0 Å². The zero-order valence-corrected chi connectivity index (χ0v) is 9.59. The van der Waals surface area contributed by atoms with Crippen LogP contribution in [0.5, 0.6) is 0 Å². The van der Waals surface area contributed by atoms with E-state index in [4.69, 9.17) is 9.84 Å². The van der Waals surface area contributed by atoms with E-state index >= 15 is 0 Å². The van der Waals surface area contributed by atoms with E-state index in [-0.39, 0.29) is 13.2 Å². The number of halogens is 2. The van der Waals surface area contributed by atoms with Gasteiger partial charge < -0.3 is 20.3 Å². The van der Waals surface area contributed by atoms with E-state index in [0.29, 0.717) is 6.61 Å². The van der Waals surface area contributed by atoms with Crippen LogP contribution < -0.4 is 5.32 Å². The summed E-state index contributed by atoms with van der Waals surface area (Å²) in [7, 11) is 0. The fraction of sp³-hybridized carbons (Fsp3) is 1.00. The molecule has 0 heterocycles. The van der Waals surface area contributed by atoms with Gasteiger partial charge >= 0.3 is 0 Å². The monoisotopic (exact) mass is 241 g/mol. The van der Waals surface area contributed by atoms with Crippen molar-refractivity contribution < 1.29 is 23.7 Å². The molecule has 0 aromatic carbocycles. The molecule has 3 N–H and O–H groups in total. The molecule has 0 aliphatic heterocycles. The number of unbranched alkanes of at least 4 members (excludes halogenated alkanes) is 1. The Hall–Kier alpha value is -0.300. The van der Waals surface area contributed by atoms with Crippen molar-refractivity contribution in [1.29, 1.82) is 0 Å². The van der Waals surface area contributed by atoms with Crippen LogP contribution in [0.1, 0.15) is 19.8 Å². The summed E-state index contributed by atoms with van der Waals surface area (Å²) in [6, 6.07) is 0. The standard InChI is InChI=1S/C10H21F2NO3/c1-2-3-4-16-6-9(15)5-13-7-10(11,12)8-14/h9,13-15H,2-8H2,1H3. The number of alkyl halides is 2. The van der Waals surface area contributed by atoms with Gasteiger partial charge in [-0.05, 0) is 6.42 Å². The van der Waals surface area contributed by atoms with Gasteiger partial charge in [0.25, 0.3) is 5.92 Å². The first-order chi connectivity index (χ1) is 7.52. The molecule has 98 valence electrons. The van der Waals surface area contributed by atoms with Crippen molar-refractivity contribution in [2.24, 2.45) is 0 Å². The molecule has 0 rings (SSSR count). The van der Waals surface area contributed by atoms with Gasteiger partial charge in [-0.3, -0.25) is 0 Å². The minimum absolute atomic E-state index is 0.0295. The van der Waals surface area contributed by atoms with Crippen LogP contribution in [-0.2, 0) is 4.74 Å². The predicted molar refractivity (Wildman–Crippen MR) is 56.6 cm³/mol. The molecular formula is C10H21F2NO3. The summed E-state index contributed by atoms with van der Waals surface area (Å²) in [4.78, 5) is 0. The summed E-state index contributed by atoms with van der Waals surface area (Å²) in [6.45, 7) is 0.927. The maximum absolute atomic E-state index is 12.5. The molecule has 4 nitrogen and oxygen atoms in total. The number of aliphatic hydroxyl groups is 2. The van der Waals surface area contributed by atoms with Crippen LogP contribution in [0.25, 0.3) is 0 Å². The average Bonchev–Trinajstić information content (AvgIpc) is 2.24. The van der Waals surface area contributed by atoms with Crippen molar-refractivity contribution in [3.63, 3.8) is 0 Å². The van der Waals surface area contributed by atoms with Gasteiger partial charge in [0.1, 0.15) is 6.61 Å². The Labute approximate surface area is 94.6 Å². The number of aliphatic hydroxyl groups excluding tert-OH is 2. The Balaban J connectivity index is 3.40. The highest BCUT2D eigenvalue weighted by Crippen LogP contribution is 2.09. The van der Waals surface area contributed by atoms with Crippen molar-refractivity contribution in [3.8, 4) is 0 Å². The van der Waals surface area contributed by atoms with Crippen molar-refractivity contribution in [3.05, 3.63) is 0 Å². The molecule has 0 spiro atoms. The minimum atomic E-state index is -3.14. The first-order valence-electron chi connectivity index (χ1n) is 5.47. The lowest BCUT2D eigenvalue weighted by Crippen LogP contribution is -2.40. The first kappa shape index (κ1) is 15.7. The summed E-state index contributed by atoms with van der Waals surface area (Å²) in [5.74, 6) is -3.14. The molecule has 0 aliphatic carbocycles. The molecule has 0 aromatic rings. The van der Waals surface area contributed by atoms with Crippen molar-refractivity contribution in [1.82, 2.24) is 5.32 Å². The second-order valence-electron chi connectivity index (χ2n) is 3.73. The third-order valence-corrected chi connectivity index (χ3v) is 1.95. The molecule has 0 bridgehead atoms. The highest BCUT2D eigenvalue weighted by Gasteiger charge is 2.27. The molecule has 16 heavy (non-hydrogen) atoms. The molecule has 1 atom stereocenters. The molecule has 0 amide bonds. The quantitative estimate of drug-likeness (QED) is 0.484. The summed E-state index contributed by atoms with van der Waals surface area (Å²) in [6.07, 6.45) is 1.13. The van der Waals surface area contributed by atoms with Gasteiger partial charge in [0.2, 0.25) is 0 Å². The molecular weight excluding hydrogens is 220 g/mol. The van der Waals surface area contributed by atoms with Gasteiger partial charge in [0.15, 0.2) is 0 Å². The average molecular weight is 241 g/mol. The molecule has 0 saturated heterocycles. The van der Waals surface area contributed by atoms with Crippen LogP contribution in [0.4, 0.5) is 8.78 Å². The normalized spacial score (nSPS) is 14.1. The topological polar surface area (TPSA) is 61.7 Å². The van der Waals surface area contributed by atoms with E-state index < -0.39 is 25.2 Å². The van der Waals surface area contributed by atoms with Crippen LogP contribution >= 0.6 is 0 Å². The van der Waals surface area contributed by atoms with Crippen LogP contribution in [0.2, 0.25) is 0 Å². The van der Waals surface area contributed by atoms with Crippen LogP contribution in [0, 0.1) is 0 Å². The largest absolute Gasteiger partial charge is 0.390 e. The third-order valence-electron chi connectivity index (χ3n) is 1.95. The lowest BCUT2D eigenvalue weighted by molar-refractivity contribution is -0.0502. The Bertz CT molecular complexity index is 170. The van der Waals surface area contributed by atoms with E-state index in [0.717, 1.165) is 12.8 Å². The van der Waals surface area contributed by atoms with E-state index in [1.54, 1.807) is 0 Å². The first-order valence-corrected chi connectivity index (χ1v) is 5.47. The fourth-order valence-corrected chi connectivity index (χ4v) is 1.00. The maximum Gasteiger partial charge on any atom is 0.282 e. The smallest absolute Gasteiger partial charge is 0.282 e. The van der Waals surface area contributed by atoms with E-state index in [1.165, 1.54) is 0 Å². The molecule has 0 aromatic heterocycles. The number of ether oxygens (including phenoxy) is 1. The SMILES string of the molecule is CCCCOCC(O)CNCC(F)(F)CO. The molecule has 6 heteroatoms. The highest BCUT2D eigenvalue weighted by molar-refractivity contribution is 4.69. The van der Waals surface area contributed by atoms with Crippen molar-refractivity contribution in [2.45, 2.75) is 31.8 Å². The number of hydrogen-bond donors (Lipinski definition) is 3. The lowest BCUT2D eigenvalue weighted by Gasteiger charge is -2.16. The maximum atomic E-state index is 12.5. The molecule has 0 radical (unpaired) electrons. The van der Waals surface area contributed by atoms with Gasteiger partial charge in [-0.15, -0.1) is 0 Å². The Morgan fingerprint density at radius 2 is 2.12 bits per heavy atom. The molecule has 0 saturated carbocycles. The Kier molecular flexibility index (Phi) is 8.64. The summed E-state index contributed by atoms with van der Waals surface area (Å²) in [5.41, 5.74) is 0. The van der Waals surface area contributed by atoms with Gasteiger partial charge in [-0.25, -0.2) is 8.78 Å². The number of hydrogen-bond acceptors (Lipinski definition) is 4. The van der Waals surface area contributed by atoms with Crippen LogP contribution in [0.3, 0.4) is 0 Å². The van der Waals surface area contributed by atoms with Crippen LogP contribution in [0.15, 0.2) is 0 Å². The zero-order valence-electron chi connectivity index (χ0n) is 9.59. The zero-order chi connectivity index (χ0) is 12.4. The molecule has 0 aliphatic rings. The third kappa shape index (κ3) is 8.96. The summed E-state index contributed by atoms with van der Waals surface area (Å²) < 4.78 is 30.2. The number of nitrogens with one attached hydrogen (secondary N) is 1.